The van der Waals surface area contributed by atoms with Gasteiger partial charge in [-0.3, -0.25) is 10.1 Å². The van der Waals surface area contributed by atoms with E-state index in [0.717, 1.165) is 24.6 Å². The van der Waals surface area contributed by atoms with Crippen LogP contribution < -0.4 is 5.32 Å². The number of hydrogen-bond acceptors (Lipinski definition) is 3. The molecule has 0 saturated carbocycles. The molecule has 112 valence electrons. The first-order valence-electron chi connectivity index (χ1n) is 7.06. The Morgan fingerprint density at radius 2 is 1.78 bits per heavy atom. The maximum atomic E-state index is 12.4. The summed E-state index contributed by atoms with van der Waals surface area (Å²) in [5.41, 5.74) is 1.60. The van der Waals surface area contributed by atoms with Crippen molar-refractivity contribution in [2.45, 2.75) is 0 Å². The summed E-state index contributed by atoms with van der Waals surface area (Å²) in [5.74, 6) is -0.127. The molecule has 0 spiro atoms. The van der Waals surface area contributed by atoms with E-state index in [0.29, 0.717) is 10.7 Å². The lowest BCUT2D eigenvalue weighted by atomic mass is 10.1. The van der Waals surface area contributed by atoms with Crippen LogP contribution in [0.2, 0.25) is 0 Å². The molecule has 1 heterocycles. The third-order valence-electron chi connectivity index (χ3n) is 3.62. The molecule has 0 fully saturated rings. The number of aromatic nitrogens is 1. The molecular weight excluding hydrogens is 419 g/mol. The molecule has 0 bridgehead atoms. The van der Waals surface area contributed by atoms with Gasteiger partial charge in [-0.1, -0.05) is 53.8 Å². The fraction of sp³-hybridized carbons (Fsp3) is 0. The van der Waals surface area contributed by atoms with Crippen molar-refractivity contribution in [3.8, 4) is 0 Å². The molecule has 0 saturated heterocycles. The minimum atomic E-state index is -0.127. The van der Waals surface area contributed by atoms with E-state index in [2.05, 4.69) is 57.2 Å². The summed E-state index contributed by atoms with van der Waals surface area (Å²) < 4.78 is 2.00. The molecule has 1 amide bonds. The Balaban J connectivity index is 1.74. The molecule has 0 unspecified atom stereocenters. The molecule has 3 nitrogen and oxygen atoms in total. The van der Waals surface area contributed by atoms with Crippen molar-refractivity contribution < 1.29 is 4.79 Å². The summed E-state index contributed by atoms with van der Waals surface area (Å²) in [6.45, 7) is 0. The zero-order valence-corrected chi connectivity index (χ0v) is 14.9. The average molecular weight is 430 g/mol. The predicted octanol–water partition coefficient (Wildman–Crippen LogP) is 5.31. The molecule has 1 N–H and O–H groups in total. The molecule has 0 aliphatic rings. The molecular formula is C18H11IN2OS. The normalized spacial score (nSPS) is 11.0. The molecule has 0 radical (unpaired) electrons. The Kier molecular flexibility index (Phi) is 3.74. The summed E-state index contributed by atoms with van der Waals surface area (Å²) in [5, 5.41) is 5.80. The third kappa shape index (κ3) is 2.70. The van der Waals surface area contributed by atoms with Crippen LogP contribution in [0, 0.1) is 3.57 Å². The topological polar surface area (TPSA) is 42.0 Å². The summed E-state index contributed by atoms with van der Waals surface area (Å²) in [6, 6.07) is 19.8. The van der Waals surface area contributed by atoms with Gasteiger partial charge in [-0.25, -0.2) is 4.98 Å². The second-order valence-corrected chi connectivity index (χ2v) is 7.28. The maximum absolute atomic E-state index is 12.4. The van der Waals surface area contributed by atoms with Crippen molar-refractivity contribution >= 4 is 66.0 Å². The highest BCUT2D eigenvalue weighted by Crippen LogP contribution is 2.32. The van der Waals surface area contributed by atoms with Gasteiger partial charge in [-0.05, 0) is 46.2 Å². The van der Waals surface area contributed by atoms with Gasteiger partial charge in [0, 0.05) is 8.96 Å². The minimum Gasteiger partial charge on any atom is -0.298 e. The number of thiazole rings is 1. The summed E-state index contributed by atoms with van der Waals surface area (Å²) in [4.78, 5) is 17.0. The summed E-state index contributed by atoms with van der Waals surface area (Å²) in [7, 11) is 0. The van der Waals surface area contributed by atoms with E-state index in [9.17, 15) is 4.79 Å². The lowest BCUT2D eigenvalue weighted by molar-refractivity contribution is 0.102. The molecule has 0 aliphatic carbocycles. The zero-order valence-electron chi connectivity index (χ0n) is 11.9. The third-order valence-corrected chi connectivity index (χ3v) is 5.50. The van der Waals surface area contributed by atoms with Gasteiger partial charge in [0.05, 0.1) is 15.8 Å². The molecule has 0 aliphatic heterocycles. The highest BCUT2D eigenvalue weighted by Gasteiger charge is 2.13. The average Bonchev–Trinajstić information content (AvgIpc) is 2.98. The van der Waals surface area contributed by atoms with Gasteiger partial charge in [0.2, 0.25) is 0 Å². The fourth-order valence-electron chi connectivity index (χ4n) is 2.52. The van der Waals surface area contributed by atoms with E-state index in [1.165, 1.54) is 11.3 Å². The van der Waals surface area contributed by atoms with E-state index in [4.69, 9.17) is 0 Å². The van der Waals surface area contributed by atoms with Crippen LogP contribution >= 0.6 is 33.9 Å². The van der Waals surface area contributed by atoms with E-state index in [-0.39, 0.29) is 5.91 Å². The largest absolute Gasteiger partial charge is 0.298 e. The van der Waals surface area contributed by atoms with Gasteiger partial charge in [0.25, 0.3) is 5.91 Å². The molecule has 1 aromatic heterocycles. The van der Waals surface area contributed by atoms with Gasteiger partial charge in [-0.15, -0.1) is 0 Å². The predicted molar refractivity (Wildman–Crippen MR) is 104 cm³/mol. The number of rotatable bonds is 2. The van der Waals surface area contributed by atoms with Crippen molar-refractivity contribution in [3.63, 3.8) is 0 Å². The van der Waals surface area contributed by atoms with Crippen LogP contribution in [0.5, 0.6) is 0 Å². The highest BCUT2D eigenvalue weighted by atomic mass is 127. The number of fused-ring (bicyclic) bond motifs is 3. The van der Waals surface area contributed by atoms with Crippen molar-refractivity contribution in [2.75, 3.05) is 5.32 Å². The standard InChI is InChI=1S/C18H11IN2OS/c19-14-8-4-3-7-13(14)17(22)21-18-20-16-12-6-2-1-5-11(12)9-10-15(16)23-18/h1-10H,(H,20,21,22). The summed E-state index contributed by atoms with van der Waals surface area (Å²) >= 11 is 3.66. The van der Waals surface area contributed by atoms with Crippen LogP contribution in [0.4, 0.5) is 5.13 Å². The first kappa shape index (κ1) is 14.6. The Labute approximate surface area is 150 Å². The quantitative estimate of drug-likeness (QED) is 0.439. The van der Waals surface area contributed by atoms with Gasteiger partial charge in [-0.2, -0.15) is 0 Å². The SMILES string of the molecule is O=C(Nc1nc2c(ccc3ccccc32)s1)c1ccccc1I. The minimum absolute atomic E-state index is 0.127. The van der Waals surface area contributed by atoms with Gasteiger partial charge >= 0.3 is 0 Å². The molecule has 5 heteroatoms. The van der Waals surface area contributed by atoms with Crippen molar-refractivity contribution in [3.05, 3.63) is 69.8 Å². The number of carbonyl (C=O) groups is 1. The van der Waals surface area contributed by atoms with E-state index in [1.807, 2.05) is 36.4 Å². The van der Waals surface area contributed by atoms with E-state index >= 15 is 0 Å². The smallest absolute Gasteiger partial charge is 0.258 e. The van der Waals surface area contributed by atoms with Crippen molar-refractivity contribution in [1.82, 2.24) is 4.98 Å². The second kappa shape index (κ2) is 5.90. The second-order valence-electron chi connectivity index (χ2n) is 5.09. The van der Waals surface area contributed by atoms with Crippen LogP contribution in [-0.2, 0) is 0 Å². The number of nitrogens with one attached hydrogen (secondary N) is 1. The Morgan fingerprint density at radius 1 is 1.00 bits per heavy atom. The number of amides is 1. The Morgan fingerprint density at radius 3 is 2.65 bits per heavy atom. The van der Waals surface area contributed by atoms with Crippen LogP contribution in [0.15, 0.2) is 60.7 Å². The number of benzene rings is 3. The maximum Gasteiger partial charge on any atom is 0.258 e. The summed E-state index contributed by atoms with van der Waals surface area (Å²) in [6.07, 6.45) is 0. The number of halogens is 1. The highest BCUT2D eigenvalue weighted by molar-refractivity contribution is 14.1. The first-order valence-corrected chi connectivity index (χ1v) is 8.96. The molecule has 0 atom stereocenters. The lowest BCUT2D eigenvalue weighted by Gasteiger charge is -2.03. The van der Waals surface area contributed by atoms with Crippen LogP contribution in [0.1, 0.15) is 10.4 Å². The fourth-order valence-corrected chi connectivity index (χ4v) is 4.03. The number of anilines is 1. The zero-order chi connectivity index (χ0) is 15.8. The number of carbonyl (C=O) groups excluding carboxylic acids is 1. The van der Waals surface area contributed by atoms with Gasteiger partial charge in [0.1, 0.15) is 0 Å². The molecule has 4 aromatic rings. The molecule has 3 aromatic carbocycles. The first-order chi connectivity index (χ1) is 11.2. The van der Waals surface area contributed by atoms with Crippen molar-refractivity contribution in [1.29, 1.82) is 0 Å². The number of hydrogen-bond donors (Lipinski definition) is 1. The van der Waals surface area contributed by atoms with Crippen molar-refractivity contribution in [2.24, 2.45) is 0 Å². The van der Waals surface area contributed by atoms with Crippen LogP contribution in [0.25, 0.3) is 21.0 Å². The van der Waals surface area contributed by atoms with Gasteiger partial charge in [0.15, 0.2) is 5.13 Å². The van der Waals surface area contributed by atoms with Gasteiger partial charge < -0.3 is 0 Å². The molecule has 23 heavy (non-hydrogen) atoms. The Bertz CT molecular complexity index is 1040. The van der Waals surface area contributed by atoms with Crippen LogP contribution in [-0.4, -0.2) is 10.9 Å². The van der Waals surface area contributed by atoms with E-state index in [1.54, 1.807) is 0 Å². The molecule has 4 rings (SSSR count). The van der Waals surface area contributed by atoms with E-state index < -0.39 is 0 Å². The lowest BCUT2D eigenvalue weighted by Crippen LogP contribution is -2.12. The monoisotopic (exact) mass is 430 g/mol. The number of nitrogens with zero attached hydrogens (tertiary/aromatic N) is 1. The Hall–Kier alpha value is -1.99. The van der Waals surface area contributed by atoms with Crippen LogP contribution in [0.3, 0.4) is 0 Å².